The summed E-state index contributed by atoms with van der Waals surface area (Å²) in [5.41, 5.74) is 1.22. The number of hydrogen-bond acceptors (Lipinski definition) is 4. The van der Waals surface area contributed by atoms with E-state index in [2.05, 4.69) is 21.2 Å². The molecule has 144 valence electrons. The van der Waals surface area contributed by atoms with Crippen LogP contribution in [0.3, 0.4) is 0 Å². The predicted octanol–water partition coefficient (Wildman–Crippen LogP) is 4.31. The molecule has 0 spiro atoms. The molecule has 0 amide bonds. The lowest BCUT2D eigenvalue weighted by Crippen LogP contribution is -2.32. The molecule has 0 aromatic heterocycles. The first kappa shape index (κ1) is 20.0. The largest absolute Gasteiger partial charge is 0.378 e. The number of sulfonamides is 1. The number of nitrogens with one attached hydrogen (secondary N) is 1. The van der Waals surface area contributed by atoms with Crippen LogP contribution in [0.25, 0.3) is 0 Å². The second kappa shape index (κ2) is 8.99. The molecule has 1 fully saturated rings. The van der Waals surface area contributed by atoms with Crippen molar-refractivity contribution in [1.82, 2.24) is 4.31 Å². The van der Waals surface area contributed by atoms with Gasteiger partial charge in [-0.1, -0.05) is 47.0 Å². The van der Waals surface area contributed by atoms with E-state index in [1.54, 1.807) is 22.5 Å². The van der Waals surface area contributed by atoms with Crippen LogP contribution in [-0.2, 0) is 10.0 Å². The summed E-state index contributed by atoms with van der Waals surface area (Å²) in [6.45, 7) is 1.19. The second-order valence-corrected chi connectivity index (χ2v) is 9.49. The lowest BCUT2D eigenvalue weighted by Gasteiger charge is -2.20. The van der Waals surface area contributed by atoms with Crippen LogP contribution >= 0.6 is 15.9 Å². The van der Waals surface area contributed by atoms with Crippen molar-refractivity contribution in [1.29, 1.82) is 0 Å². The number of rotatable bonds is 6. The van der Waals surface area contributed by atoms with Gasteiger partial charge in [0.05, 0.1) is 11.4 Å². The summed E-state index contributed by atoms with van der Waals surface area (Å²) >= 11 is 3.39. The van der Waals surface area contributed by atoms with Gasteiger partial charge in [0.1, 0.15) is 0 Å². The maximum absolute atomic E-state index is 12.9. The number of Topliss-reactive ketones (excluding diaryl/α,β-unsaturated/α-hetero) is 1. The fraction of sp³-hybridized carbons (Fsp3) is 0.350. The molecule has 27 heavy (non-hydrogen) atoms. The highest BCUT2D eigenvalue weighted by molar-refractivity contribution is 9.10. The molecule has 1 aliphatic heterocycles. The molecule has 0 atom stereocenters. The van der Waals surface area contributed by atoms with Crippen LogP contribution in [0, 0.1) is 0 Å². The van der Waals surface area contributed by atoms with Crippen LogP contribution in [0.2, 0.25) is 0 Å². The molecule has 2 aromatic rings. The van der Waals surface area contributed by atoms with Gasteiger partial charge in [0.25, 0.3) is 0 Å². The fourth-order valence-electron chi connectivity index (χ4n) is 3.14. The third-order valence-corrected chi connectivity index (χ3v) is 7.02. The van der Waals surface area contributed by atoms with Gasteiger partial charge in [-0.3, -0.25) is 4.79 Å². The Morgan fingerprint density at radius 1 is 1.00 bits per heavy atom. The van der Waals surface area contributed by atoms with Gasteiger partial charge in [-0.2, -0.15) is 4.31 Å². The zero-order chi connectivity index (χ0) is 19.3. The molecule has 7 heteroatoms. The van der Waals surface area contributed by atoms with E-state index in [4.69, 9.17) is 0 Å². The molecule has 3 rings (SSSR count). The summed E-state index contributed by atoms with van der Waals surface area (Å²) in [6.07, 6.45) is 3.89. The number of anilines is 1. The normalized spacial score (nSPS) is 15.9. The van der Waals surface area contributed by atoms with Crippen molar-refractivity contribution in [3.8, 4) is 0 Å². The average molecular weight is 451 g/mol. The van der Waals surface area contributed by atoms with Gasteiger partial charge in [-0.25, -0.2) is 8.42 Å². The molecule has 1 N–H and O–H groups in total. The summed E-state index contributed by atoms with van der Waals surface area (Å²) in [7, 11) is -3.56. The molecule has 0 aliphatic carbocycles. The third kappa shape index (κ3) is 5.18. The standard InChI is InChI=1S/C20H23BrN2O3S/c21-17-8-6-9-18(14-17)22-15-20(24)16-7-5-10-19(13-16)27(25,26)23-11-3-1-2-4-12-23/h5-10,13-14,22H,1-4,11-12,15H2. The Labute approximate surface area is 169 Å². The smallest absolute Gasteiger partial charge is 0.243 e. The van der Waals surface area contributed by atoms with E-state index >= 15 is 0 Å². The lowest BCUT2D eigenvalue weighted by molar-refractivity contribution is 0.101. The quantitative estimate of drug-likeness (QED) is 0.665. The number of hydrogen-bond donors (Lipinski definition) is 1. The highest BCUT2D eigenvalue weighted by Crippen LogP contribution is 2.21. The molecule has 0 radical (unpaired) electrons. The zero-order valence-electron chi connectivity index (χ0n) is 15.0. The Morgan fingerprint density at radius 3 is 2.41 bits per heavy atom. The highest BCUT2D eigenvalue weighted by atomic mass is 79.9. The van der Waals surface area contributed by atoms with Gasteiger partial charge in [-0.15, -0.1) is 0 Å². The van der Waals surface area contributed by atoms with Crippen molar-refractivity contribution in [3.63, 3.8) is 0 Å². The Balaban J connectivity index is 1.73. The third-order valence-electron chi connectivity index (χ3n) is 4.64. The van der Waals surface area contributed by atoms with Crippen LogP contribution in [-0.4, -0.2) is 38.1 Å². The van der Waals surface area contributed by atoms with Crippen molar-refractivity contribution >= 4 is 37.4 Å². The number of ketones is 1. The second-order valence-electron chi connectivity index (χ2n) is 6.63. The highest BCUT2D eigenvalue weighted by Gasteiger charge is 2.25. The molecule has 1 heterocycles. The minimum absolute atomic E-state index is 0.101. The van der Waals surface area contributed by atoms with E-state index in [9.17, 15) is 13.2 Å². The summed E-state index contributed by atoms with van der Waals surface area (Å²) in [5.74, 6) is -0.150. The summed E-state index contributed by atoms with van der Waals surface area (Å²) in [4.78, 5) is 12.7. The van der Waals surface area contributed by atoms with Crippen LogP contribution in [0.4, 0.5) is 5.69 Å². The van der Waals surface area contributed by atoms with E-state index in [1.807, 2.05) is 24.3 Å². The van der Waals surface area contributed by atoms with Crippen molar-refractivity contribution in [2.45, 2.75) is 30.6 Å². The maximum atomic E-state index is 12.9. The molecular formula is C20H23BrN2O3S. The van der Waals surface area contributed by atoms with E-state index in [-0.39, 0.29) is 17.2 Å². The van der Waals surface area contributed by atoms with Crippen molar-refractivity contribution in [3.05, 3.63) is 58.6 Å². The van der Waals surface area contributed by atoms with Crippen LogP contribution in [0.15, 0.2) is 57.9 Å². The van der Waals surface area contributed by atoms with E-state index in [0.717, 1.165) is 35.8 Å². The molecule has 0 bridgehead atoms. The number of nitrogens with zero attached hydrogens (tertiary/aromatic N) is 1. The fourth-order valence-corrected chi connectivity index (χ4v) is 5.11. The first-order chi connectivity index (χ1) is 13.0. The van der Waals surface area contributed by atoms with E-state index in [0.29, 0.717) is 18.7 Å². The minimum atomic E-state index is -3.56. The first-order valence-corrected chi connectivity index (χ1v) is 11.3. The van der Waals surface area contributed by atoms with Gasteiger partial charge in [0.15, 0.2) is 5.78 Å². The number of carbonyl (C=O) groups excluding carboxylic acids is 1. The van der Waals surface area contributed by atoms with Gasteiger partial charge in [0.2, 0.25) is 10.0 Å². The van der Waals surface area contributed by atoms with Gasteiger partial charge >= 0.3 is 0 Å². The molecule has 2 aromatic carbocycles. The zero-order valence-corrected chi connectivity index (χ0v) is 17.4. The Bertz CT molecular complexity index is 907. The van der Waals surface area contributed by atoms with Gasteiger partial charge < -0.3 is 5.32 Å². The van der Waals surface area contributed by atoms with E-state index < -0.39 is 10.0 Å². The molecule has 0 unspecified atom stereocenters. The Hall–Kier alpha value is -1.70. The number of halogens is 1. The summed E-state index contributed by atoms with van der Waals surface area (Å²) in [5, 5.41) is 3.07. The number of carbonyl (C=O) groups is 1. The van der Waals surface area contributed by atoms with Gasteiger partial charge in [0, 0.05) is 28.8 Å². The molecular weight excluding hydrogens is 428 g/mol. The first-order valence-electron chi connectivity index (χ1n) is 9.10. The summed E-state index contributed by atoms with van der Waals surface area (Å²) < 4.78 is 28.3. The van der Waals surface area contributed by atoms with Gasteiger partial charge in [-0.05, 0) is 43.2 Å². The topological polar surface area (TPSA) is 66.5 Å². The lowest BCUT2D eigenvalue weighted by atomic mass is 10.1. The molecule has 1 aliphatic rings. The van der Waals surface area contributed by atoms with Crippen molar-refractivity contribution in [2.24, 2.45) is 0 Å². The van der Waals surface area contributed by atoms with Crippen molar-refractivity contribution < 1.29 is 13.2 Å². The monoisotopic (exact) mass is 450 g/mol. The van der Waals surface area contributed by atoms with Crippen molar-refractivity contribution in [2.75, 3.05) is 25.0 Å². The molecule has 5 nitrogen and oxygen atoms in total. The number of benzene rings is 2. The van der Waals surface area contributed by atoms with E-state index in [1.165, 1.54) is 6.07 Å². The van der Waals surface area contributed by atoms with Crippen LogP contribution in [0.5, 0.6) is 0 Å². The van der Waals surface area contributed by atoms with Crippen LogP contribution in [0.1, 0.15) is 36.0 Å². The maximum Gasteiger partial charge on any atom is 0.243 e. The Morgan fingerprint density at radius 2 is 1.70 bits per heavy atom. The average Bonchev–Trinajstić information content (AvgIpc) is 2.96. The SMILES string of the molecule is O=C(CNc1cccc(Br)c1)c1cccc(S(=O)(=O)N2CCCCCC2)c1. The minimum Gasteiger partial charge on any atom is -0.378 e. The molecule has 0 saturated carbocycles. The predicted molar refractivity (Wildman–Crippen MR) is 111 cm³/mol. The Kier molecular flexibility index (Phi) is 6.68. The summed E-state index contributed by atoms with van der Waals surface area (Å²) in [6, 6.07) is 13.9. The molecule has 1 saturated heterocycles. The van der Waals surface area contributed by atoms with Crippen LogP contribution < -0.4 is 5.32 Å².